The summed E-state index contributed by atoms with van der Waals surface area (Å²) in [5, 5.41) is 0. The van der Waals surface area contributed by atoms with Crippen LogP contribution in [0.5, 0.6) is 0 Å². The number of hydrogen-bond donors (Lipinski definition) is 1. The molecule has 0 fully saturated rings. The third-order valence-corrected chi connectivity index (χ3v) is 1.59. The van der Waals surface area contributed by atoms with Crippen LogP contribution in [0.15, 0.2) is 18.2 Å². The van der Waals surface area contributed by atoms with E-state index < -0.39 is 0 Å². The molecule has 0 saturated heterocycles. The largest absolute Gasteiger partial charge is 0.324 e. The van der Waals surface area contributed by atoms with Crippen LogP contribution in [-0.4, -0.2) is 0 Å². The maximum absolute atomic E-state index is 12.7. The third-order valence-electron chi connectivity index (χ3n) is 1.59. The van der Waals surface area contributed by atoms with E-state index in [1.807, 2.05) is 19.9 Å². The number of aryl methyl sites for hydroxylation is 1. The van der Waals surface area contributed by atoms with E-state index in [1.165, 1.54) is 12.1 Å². The summed E-state index contributed by atoms with van der Waals surface area (Å²) in [7, 11) is 0. The molecule has 0 spiro atoms. The van der Waals surface area contributed by atoms with Crippen LogP contribution in [0.25, 0.3) is 0 Å². The first-order valence-corrected chi connectivity index (χ1v) is 3.62. The lowest BCUT2D eigenvalue weighted by atomic mass is 10.1. The Morgan fingerprint density at radius 3 is 2.45 bits per heavy atom. The summed E-state index contributed by atoms with van der Waals surface area (Å²) in [5.41, 5.74) is 7.35. The summed E-state index contributed by atoms with van der Waals surface area (Å²) in [5.74, 6) is -0.211. The normalized spacial score (nSPS) is 13.1. The molecule has 1 nitrogen and oxygen atoms in total. The number of rotatable bonds is 1. The number of hydrogen-bond acceptors (Lipinski definition) is 1. The van der Waals surface area contributed by atoms with E-state index in [9.17, 15) is 4.39 Å². The van der Waals surface area contributed by atoms with E-state index in [1.54, 1.807) is 0 Å². The minimum absolute atomic E-state index is 0.0931. The summed E-state index contributed by atoms with van der Waals surface area (Å²) >= 11 is 0. The van der Waals surface area contributed by atoms with Gasteiger partial charge in [-0.15, -0.1) is 0 Å². The van der Waals surface area contributed by atoms with Crippen LogP contribution < -0.4 is 5.73 Å². The van der Waals surface area contributed by atoms with Gasteiger partial charge in [-0.1, -0.05) is 6.07 Å². The first kappa shape index (κ1) is 8.21. The van der Waals surface area contributed by atoms with Gasteiger partial charge in [0.25, 0.3) is 0 Å². The lowest BCUT2D eigenvalue weighted by molar-refractivity contribution is 0.621. The van der Waals surface area contributed by atoms with E-state index in [0.717, 1.165) is 11.1 Å². The van der Waals surface area contributed by atoms with Gasteiger partial charge in [0.1, 0.15) is 5.82 Å². The molecule has 2 N–H and O–H groups in total. The SMILES string of the molecule is Cc1cc(F)cc([C@@H](C)N)c1. The maximum atomic E-state index is 12.7. The lowest BCUT2D eigenvalue weighted by Crippen LogP contribution is -2.05. The molecule has 1 atom stereocenters. The van der Waals surface area contributed by atoms with E-state index in [0.29, 0.717) is 0 Å². The third kappa shape index (κ3) is 2.02. The molecule has 1 rings (SSSR count). The quantitative estimate of drug-likeness (QED) is 0.657. The molecule has 0 unspecified atom stereocenters. The molecular formula is C9H12FN. The van der Waals surface area contributed by atoms with Crippen LogP contribution >= 0.6 is 0 Å². The standard InChI is InChI=1S/C9H12FN/c1-6-3-8(7(2)11)5-9(10)4-6/h3-5,7H,11H2,1-2H3/t7-/m1/s1. The van der Waals surface area contributed by atoms with Crippen LogP contribution in [0.1, 0.15) is 24.1 Å². The zero-order chi connectivity index (χ0) is 8.43. The van der Waals surface area contributed by atoms with Crippen LogP contribution in [0, 0.1) is 12.7 Å². The van der Waals surface area contributed by atoms with Crippen molar-refractivity contribution in [2.75, 3.05) is 0 Å². The molecule has 2 heteroatoms. The Hall–Kier alpha value is -0.890. The minimum atomic E-state index is -0.211. The van der Waals surface area contributed by atoms with Crippen molar-refractivity contribution in [3.8, 4) is 0 Å². The van der Waals surface area contributed by atoms with Gasteiger partial charge in [0, 0.05) is 6.04 Å². The second kappa shape index (κ2) is 3.01. The molecule has 0 aliphatic carbocycles. The highest BCUT2D eigenvalue weighted by Crippen LogP contribution is 2.13. The van der Waals surface area contributed by atoms with Crippen molar-refractivity contribution in [3.05, 3.63) is 35.1 Å². The Kier molecular flexibility index (Phi) is 2.25. The van der Waals surface area contributed by atoms with Crippen LogP contribution in [0.3, 0.4) is 0 Å². The molecule has 0 heterocycles. The Balaban J connectivity index is 3.08. The Morgan fingerprint density at radius 1 is 1.36 bits per heavy atom. The Labute approximate surface area is 66.0 Å². The van der Waals surface area contributed by atoms with Gasteiger partial charge in [0.2, 0.25) is 0 Å². The molecule has 0 saturated carbocycles. The molecule has 0 aromatic heterocycles. The van der Waals surface area contributed by atoms with Gasteiger partial charge in [-0.3, -0.25) is 0 Å². The van der Waals surface area contributed by atoms with Gasteiger partial charge in [0.05, 0.1) is 0 Å². The van der Waals surface area contributed by atoms with Crippen molar-refractivity contribution in [2.45, 2.75) is 19.9 Å². The molecule has 0 aliphatic heterocycles. The van der Waals surface area contributed by atoms with E-state index in [4.69, 9.17) is 5.73 Å². The van der Waals surface area contributed by atoms with Crippen molar-refractivity contribution >= 4 is 0 Å². The summed E-state index contributed by atoms with van der Waals surface area (Å²) in [6.45, 7) is 3.70. The second-order valence-electron chi connectivity index (χ2n) is 2.85. The zero-order valence-electron chi connectivity index (χ0n) is 6.76. The number of halogens is 1. The first-order chi connectivity index (χ1) is 5.09. The summed E-state index contributed by atoms with van der Waals surface area (Å²) in [6, 6.07) is 4.77. The fourth-order valence-electron chi connectivity index (χ4n) is 1.03. The van der Waals surface area contributed by atoms with Crippen molar-refractivity contribution < 1.29 is 4.39 Å². The van der Waals surface area contributed by atoms with E-state index >= 15 is 0 Å². The lowest BCUT2D eigenvalue weighted by Gasteiger charge is -2.05. The molecule has 0 bridgehead atoms. The van der Waals surface area contributed by atoms with Gasteiger partial charge in [-0.2, -0.15) is 0 Å². The van der Waals surface area contributed by atoms with E-state index in [2.05, 4.69) is 0 Å². The molecule has 0 aliphatic rings. The molecule has 0 radical (unpaired) electrons. The smallest absolute Gasteiger partial charge is 0.123 e. The topological polar surface area (TPSA) is 26.0 Å². The molecule has 0 amide bonds. The minimum Gasteiger partial charge on any atom is -0.324 e. The fourth-order valence-corrected chi connectivity index (χ4v) is 1.03. The average molecular weight is 153 g/mol. The molecule has 1 aromatic carbocycles. The highest BCUT2D eigenvalue weighted by atomic mass is 19.1. The molecule has 11 heavy (non-hydrogen) atoms. The monoisotopic (exact) mass is 153 g/mol. The fraction of sp³-hybridized carbons (Fsp3) is 0.333. The van der Waals surface area contributed by atoms with Crippen molar-refractivity contribution in [1.82, 2.24) is 0 Å². The predicted molar refractivity (Wildman–Crippen MR) is 43.7 cm³/mol. The maximum Gasteiger partial charge on any atom is 0.123 e. The van der Waals surface area contributed by atoms with Crippen molar-refractivity contribution in [2.24, 2.45) is 5.73 Å². The molecule has 1 aromatic rings. The number of benzene rings is 1. The summed E-state index contributed by atoms with van der Waals surface area (Å²) in [4.78, 5) is 0. The van der Waals surface area contributed by atoms with Gasteiger partial charge >= 0.3 is 0 Å². The van der Waals surface area contributed by atoms with Crippen LogP contribution in [-0.2, 0) is 0 Å². The zero-order valence-corrected chi connectivity index (χ0v) is 6.76. The second-order valence-corrected chi connectivity index (χ2v) is 2.85. The molecular weight excluding hydrogens is 141 g/mol. The van der Waals surface area contributed by atoms with Gasteiger partial charge in [0.15, 0.2) is 0 Å². The molecule has 60 valence electrons. The van der Waals surface area contributed by atoms with Crippen molar-refractivity contribution in [3.63, 3.8) is 0 Å². The first-order valence-electron chi connectivity index (χ1n) is 3.62. The van der Waals surface area contributed by atoms with Gasteiger partial charge < -0.3 is 5.73 Å². The van der Waals surface area contributed by atoms with E-state index in [-0.39, 0.29) is 11.9 Å². The Morgan fingerprint density at radius 2 is 2.00 bits per heavy atom. The summed E-state index contributed by atoms with van der Waals surface area (Å²) < 4.78 is 12.7. The number of nitrogens with two attached hydrogens (primary N) is 1. The van der Waals surface area contributed by atoms with Crippen LogP contribution in [0.2, 0.25) is 0 Å². The average Bonchev–Trinajstić information content (AvgIpc) is 1.85. The van der Waals surface area contributed by atoms with Crippen molar-refractivity contribution in [1.29, 1.82) is 0 Å². The highest BCUT2D eigenvalue weighted by molar-refractivity contribution is 5.25. The van der Waals surface area contributed by atoms with Gasteiger partial charge in [-0.05, 0) is 37.1 Å². The van der Waals surface area contributed by atoms with Gasteiger partial charge in [-0.25, -0.2) is 4.39 Å². The Bertz CT molecular complexity index is 235. The van der Waals surface area contributed by atoms with Crippen LogP contribution in [0.4, 0.5) is 4.39 Å². The highest BCUT2D eigenvalue weighted by Gasteiger charge is 2.01. The summed E-state index contributed by atoms with van der Waals surface area (Å²) in [6.07, 6.45) is 0. The predicted octanol–water partition coefficient (Wildman–Crippen LogP) is 2.15.